The normalized spacial score (nSPS) is 10.5. The van der Waals surface area contributed by atoms with Gasteiger partial charge in [0.05, 0.1) is 0 Å². The maximum Gasteiger partial charge on any atom is 0.319 e. The van der Waals surface area contributed by atoms with Gasteiger partial charge in [-0.2, -0.15) is 0 Å². The Morgan fingerprint density at radius 2 is 2.00 bits per heavy atom. The first-order chi connectivity index (χ1) is 10.3. The number of carbonyl (C=O) groups excluding carboxylic acids is 1. The molecule has 0 aliphatic heterocycles. The van der Waals surface area contributed by atoms with Crippen molar-refractivity contribution in [2.45, 2.75) is 6.92 Å². The summed E-state index contributed by atoms with van der Waals surface area (Å²) in [6.45, 7) is 2.49. The summed E-state index contributed by atoms with van der Waals surface area (Å²) in [5.74, 6) is 0. The molecule has 0 unspecified atom stereocenters. The van der Waals surface area contributed by atoms with Crippen molar-refractivity contribution >= 4 is 22.8 Å². The lowest BCUT2D eigenvalue weighted by molar-refractivity contribution is 0.252. The Kier molecular flexibility index (Phi) is 3.55. The Hall–Kier alpha value is -2.82. The quantitative estimate of drug-likeness (QED) is 0.688. The summed E-state index contributed by atoms with van der Waals surface area (Å²) in [5, 5.41) is 6.57. The van der Waals surface area contributed by atoms with Gasteiger partial charge in [0.15, 0.2) is 0 Å². The van der Waals surface area contributed by atoms with Gasteiger partial charge in [-0.3, -0.25) is 0 Å². The lowest BCUT2D eigenvalue weighted by atomic mass is 10.0. The Morgan fingerprint density at radius 3 is 2.76 bits per heavy atom. The molecule has 21 heavy (non-hydrogen) atoms. The summed E-state index contributed by atoms with van der Waals surface area (Å²) in [6.07, 6.45) is 3.67. The fourth-order valence-electron chi connectivity index (χ4n) is 2.28. The van der Waals surface area contributed by atoms with Gasteiger partial charge in [0.1, 0.15) is 5.65 Å². The van der Waals surface area contributed by atoms with Crippen molar-refractivity contribution in [3.05, 3.63) is 48.8 Å². The van der Waals surface area contributed by atoms with Gasteiger partial charge in [0.25, 0.3) is 0 Å². The van der Waals surface area contributed by atoms with Crippen molar-refractivity contribution < 1.29 is 4.79 Å². The zero-order valence-electron chi connectivity index (χ0n) is 11.7. The molecule has 0 saturated carbocycles. The molecule has 0 fully saturated rings. The third kappa shape index (κ3) is 2.72. The van der Waals surface area contributed by atoms with Crippen molar-refractivity contribution in [2.24, 2.45) is 0 Å². The fraction of sp³-hybridized carbons (Fsp3) is 0.125. The summed E-state index contributed by atoms with van der Waals surface area (Å²) in [4.78, 5) is 18.9. The molecular weight excluding hydrogens is 264 g/mol. The van der Waals surface area contributed by atoms with E-state index in [1.54, 1.807) is 6.20 Å². The van der Waals surface area contributed by atoms with Crippen LogP contribution in [0.25, 0.3) is 22.2 Å². The number of amides is 2. The number of hydrogen-bond acceptors (Lipinski definition) is 2. The predicted molar refractivity (Wildman–Crippen MR) is 84.2 cm³/mol. The van der Waals surface area contributed by atoms with E-state index in [1.807, 2.05) is 49.5 Å². The molecule has 5 heteroatoms. The van der Waals surface area contributed by atoms with Crippen LogP contribution in [-0.4, -0.2) is 22.5 Å². The molecule has 2 amide bonds. The average Bonchev–Trinajstić information content (AvgIpc) is 2.97. The number of nitrogens with one attached hydrogen (secondary N) is 3. The summed E-state index contributed by atoms with van der Waals surface area (Å²) < 4.78 is 0. The molecule has 0 radical (unpaired) electrons. The highest BCUT2D eigenvalue weighted by molar-refractivity contribution is 5.94. The van der Waals surface area contributed by atoms with E-state index in [9.17, 15) is 4.79 Å². The molecule has 2 aromatic heterocycles. The second kappa shape index (κ2) is 5.66. The summed E-state index contributed by atoms with van der Waals surface area (Å²) in [6, 6.07) is 11.6. The number of aromatic nitrogens is 2. The number of benzene rings is 1. The van der Waals surface area contributed by atoms with Crippen molar-refractivity contribution in [2.75, 3.05) is 11.9 Å². The lowest BCUT2D eigenvalue weighted by Gasteiger charge is -2.07. The van der Waals surface area contributed by atoms with Gasteiger partial charge in [-0.05, 0) is 42.3 Å². The van der Waals surface area contributed by atoms with Crippen LogP contribution in [0, 0.1) is 0 Å². The van der Waals surface area contributed by atoms with Crippen molar-refractivity contribution in [1.29, 1.82) is 0 Å². The van der Waals surface area contributed by atoms with Crippen molar-refractivity contribution in [3.63, 3.8) is 0 Å². The Labute approximate surface area is 122 Å². The molecule has 3 N–H and O–H groups in total. The van der Waals surface area contributed by atoms with E-state index in [2.05, 4.69) is 20.6 Å². The fourth-order valence-corrected chi connectivity index (χ4v) is 2.28. The molecule has 3 rings (SSSR count). The molecule has 0 aliphatic carbocycles. The topological polar surface area (TPSA) is 69.8 Å². The molecule has 0 bridgehead atoms. The standard InChI is InChI=1S/C16H16N4O/c1-2-17-16(21)20-12-5-3-11(4-6-12)13-7-9-18-15-14(13)8-10-19-15/h3-10H,2H2,1H3,(H,18,19)(H2,17,20,21). The van der Waals surface area contributed by atoms with Crippen LogP contribution in [-0.2, 0) is 0 Å². The number of carbonyl (C=O) groups is 1. The molecule has 0 aliphatic rings. The number of fused-ring (bicyclic) bond motifs is 1. The molecule has 2 heterocycles. The highest BCUT2D eigenvalue weighted by Crippen LogP contribution is 2.27. The summed E-state index contributed by atoms with van der Waals surface area (Å²) in [5.41, 5.74) is 3.84. The van der Waals surface area contributed by atoms with Gasteiger partial charge in [-0.25, -0.2) is 9.78 Å². The van der Waals surface area contributed by atoms with Crippen LogP contribution < -0.4 is 10.6 Å². The van der Waals surface area contributed by atoms with Crippen LogP contribution in [0.15, 0.2) is 48.8 Å². The molecule has 0 atom stereocenters. The maximum atomic E-state index is 11.5. The third-order valence-electron chi connectivity index (χ3n) is 3.25. The van der Waals surface area contributed by atoms with Crippen LogP contribution in [0.3, 0.4) is 0 Å². The van der Waals surface area contributed by atoms with Gasteiger partial charge in [0.2, 0.25) is 0 Å². The second-order valence-electron chi connectivity index (χ2n) is 4.66. The van der Waals surface area contributed by atoms with Crippen molar-refractivity contribution in [3.8, 4) is 11.1 Å². The van der Waals surface area contributed by atoms with Gasteiger partial charge < -0.3 is 15.6 Å². The van der Waals surface area contributed by atoms with Gasteiger partial charge >= 0.3 is 6.03 Å². The third-order valence-corrected chi connectivity index (χ3v) is 3.25. The number of pyridine rings is 1. The number of nitrogens with zero attached hydrogens (tertiary/aromatic N) is 1. The molecular formula is C16H16N4O. The van der Waals surface area contributed by atoms with E-state index in [0.717, 1.165) is 27.8 Å². The van der Waals surface area contributed by atoms with E-state index in [4.69, 9.17) is 0 Å². The second-order valence-corrected chi connectivity index (χ2v) is 4.66. The number of rotatable bonds is 3. The van der Waals surface area contributed by atoms with Crippen LogP contribution in [0.2, 0.25) is 0 Å². The minimum absolute atomic E-state index is 0.192. The van der Waals surface area contributed by atoms with Crippen LogP contribution >= 0.6 is 0 Å². The first kappa shape index (κ1) is 13.2. The average molecular weight is 280 g/mol. The predicted octanol–water partition coefficient (Wildman–Crippen LogP) is 3.37. The van der Waals surface area contributed by atoms with Crippen LogP contribution in [0.1, 0.15) is 6.92 Å². The zero-order valence-corrected chi connectivity index (χ0v) is 11.7. The maximum absolute atomic E-state index is 11.5. The SMILES string of the molecule is CCNC(=O)Nc1ccc(-c2ccnc3[nH]ccc23)cc1. The lowest BCUT2D eigenvalue weighted by Crippen LogP contribution is -2.28. The van der Waals surface area contributed by atoms with Gasteiger partial charge in [-0.15, -0.1) is 0 Å². The first-order valence-electron chi connectivity index (χ1n) is 6.85. The number of hydrogen-bond donors (Lipinski definition) is 3. The number of urea groups is 1. The molecule has 106 valence electrons. The highest BCUT2D eigenvalue weighted by atomic mass is 16.2. The molecule has 0 spiro atoms. The smallest absolute Gasteiger partial charge is 0.319 e. The number of anilines is 1. The Bertz CT molecular complexity index is 761. The molecule has 3 aromatic rings. The van der Waals surface area contributed by atoms with Gasteiger partial charge in [-0.1, -0.05) is 12.1 Å². The summed E-state index contributed by atoms with van der Waals surface area (Å²) in [7, 11) is 0. The summed E-state index contributed by atoms with van der Waals surface area (Å²) >= 11 is 0. The minimum atomic E-state index is -0.192. The Balaban J connectivity index is 1.87. The zero-order chi connectivity index (χ0) is 14.7. The highest BCUT2D eigenvalue weighted by Gasteiger charge is 2.06. The van der Waals surface area contributed by atoms with Crippen LogP contribution in [0.4, 0.5) is 10.5 Å². The molecule has 1 aromatic carbocycles. The first-order valence-corrected chi connectivity index (χ1v) is 6.85. The number of H-pyrrole nitrogens is 1. The largest absolute Gasteiger partial charge is 0.346 e. The van der Waals surface area contributed by atoms with E-state index in [1.165, 1.54) is 0 Å². The van der Waals surface area contributed by atoms with Crippen molar-refractivity contribution in [1.82, 2.24) is 15.3 Å². The van der Waals surface area contributed by atoms with E-state index >= 15 is 0 Å². The van der Waals surface area contributed by atoms with E-state index in [-0.39, 0.29) is 6.03 Å². The monoisotopic (exact) mass is 280 g/mol. The number of aromatic amines is 1. The van der Waals surface area contributed by atoms with E-state index in [0.29, 0.717) is 6.54 Å². The molecule has 0 saturated heterocycles. The molecule has 5 nitrogen and oxygen atoms in total. The van der Waals surface area contributed by atoms with Crippen LogP contribution in [0.5, 0.6) is 0 Å². The Morgan fingerprint density at radius 1 is 1.19 bits per heavy atom. The minimum Gasteiger partial charge on any atom is -0.346 e. The van der Waals surface area contributed by atoms with Gasteiger partial charge in [0, 0.05) is 30.0 Å². The van der Waals surface area contributed by atoms with E-state index < -0.39 is 0 Å².